The lowest BCUT2D eigenvalue weighted by atomic mass is 9.94. The molecule has 1 unspecified atom stereocenters. The molecule has 3 nitrogen and oxygen atoms in total. The molecule has 0 N–H and O–H groups in total. The van der Waals surface area contributed by atoms with Gasteiger partial charge in [0, 0.05) is 19.4 Å². The summed E-state index contributed by atoms with van der Waals surface area (Å²) >= 11 is 0. The quantitative estimate of drug-likeness (QED) is 0.579. The zero-order valence-corrected chi connectivity index (χ0v) is 7.23. The molecule has 4 atom stereocenters. The van der Waals surface area contributed by atoms with Gasteiger partial charge < -0.3 is 14.3 Å². The van der Waals surface area contributed by atoms with Gasteiger partial charge in [-0.25, -0.2) is 0 Å². The van der Waals surface area contributed by atoms with Crippen LogP contribution in [-0.4, -0.2) is 25.8 Å². The Bertz CT molecular complexity index is 181. The highest BCUT2D eigenvalue weighted by atomic mass is 16.7. The Hall–Kier alpha value is -0.410. The Labute approximate surface area is 72.0 Å². The van der Waals surface area contributed by atoms with Crippen LogP contribution in [0.2, 0.25) is 0 Å². The van der Waals surface area contributed by atoms with E-state index in [0.29, 0.717) is 5.92 Å². The van der Waals surface area contributed by atoms with Gasteiger partial charge in [-0.05, 0) is 18.8 Å². The van der Waals surface area contributed by atoms with Crippen molar-refractivity contribution in [2.45, 2.75) is 31.7 Å². The molecule has 1 heterocycles. The molecule has 68 valence electrons. The van der Waals surface area contributed by atoms with Crippen molar-refractivity contribution in [3.05, 3.63) is 0 Å². The Kier molecular flexibility index (Phi) is 2.15. The molecule has 0 amide bonds. The number of hydrogen-bond acceptors (Lipinski definition) is 3. The fourth-order valence-corrected chi connectivity index (χ4v) is 2.35. The zero-order valence-electron chi connectivity index (χ0n) is 7.23. The molecule has 1 aliphatic carbocycles. The fraction of sp³-hybridized carbons (Fsp3) is 0.889. The molecule has 0 aromatic carbocycles. The van der Waals surface area contributed by atoms with Crippen molar-refractivity contribution in [2.75, 3.05) is 7.11 Å². The fourth-order valence-electron chi connectivity index (χ4n) is 2.35. The summed E-state index contributed by atoms with van der Waals surface area (Å²) in [6.07, 6.45) is 4.20. The Morgan fingerprint density at radius 1 is 1.50 bits per heavy atom. The van der Waals surface area contributed by atoms with E-state index in [0.717, 1.165) is 25.5 Å². The van der Waals surface area contributed by atoms with Crippen LogP contribution >= 0.6 is 0 Å². The second-order valence-corrected chi connectivity index (χ2v) is 3.62. The van der Waals surface area contributed by atoms with E-state index in [2.05, 4.69) is 0 Å². The highest BCUT2D eigenvalue weighted by Crippen LogP contribution is 2.42. The number of hydrogen-bond donors (Lipinski definition) is 0. The molecule has 1 saturated carbocycles. The smallest absolute Gasteiger partial charge is 0.157 e. The van der Waals surface area contributed by atoms with Crippen LogP contribution in [0.25, 0.3) is 0 Å². The molecular weight excluding hydrogens is 156 g/mol. The predicted octanol–water partition coefficient (Wildman–Crippen LogP) is 0.973. The number of fused-ring (bicyclic) bond motifs is 1. The Balaban J connectivity index is 2.01. The summed E-state index contributed by atoms with van der Waals surface area (Å²) in [6, 6.07) is 0. The van der Waals surface area contributed by atoms with Crippen molar-refractivity contribution in [1.29, 1.82) is 0 Å². The molecule has 1 saturated heterocycles. The molecule has 12 heavy (non-hydrogen) atoms. The van der Waals surface area contributed by atoms with Crippen LogP contribution in [0.4, 0.5) is 0 Å². The molecular formula is C9H14O3. The van der Waals surface area contributed by atoms with Gasteiger partial charge in [0.1, 0.15) is 6.29 Å². The highest BCUT2D eigenvalue weighted by Gasteiger charge is 2.44. The van der Waals surface area contributed by atoms with Gasteiger partial charge in [0.15, 0.2) is 6.29 Å². The topological polar surface area (TPSA) is 35.5 Å². The molecule has 0 radical (unpaired) electrons. The average molecular weight is 170 g/mol. The van der Waals surface area contributed by atoms with E-state index < -0.39 is 0 Å². The van der Waals surface area contributed by atoms with Crippen molar-refractivity contribution in [2.24, 2.45) is 11.8 Å². The summed E-state index contributed by atoms with van der Waals surface area (Å²) in [6.45, 7) is 0. The number of carbonyl (C=O) groups excluding carboxylic acids is 1. The van der Waals surface area contributed by atoms with Gasteiger partial charge in [-0.15, -0.1) is 0 Å². The van der Waals surface area contributed by atoms with Crippen LogP contribution in [0, 0.1) is 11.8 Å². The minimum absolute atomic E-state index is 0.0669. The van der Waals surface area contributed by atoms with E-state index in [4.69, 9.17) is 9.47 Å². The molecule has 1 aliphatic heterocycles. The normalized spacial score (nSPS) is 46.1. The number of rotatable bonds is 2. The SMILES string of the molecule is COC1C[C@@H]2[C@H](C=O)CC[C@@H]2O1. The molecule has 0 spiro atoms. The second kappa shape index (κ2) is 3.15. The lowest BCUT2D eigenvalue weighted by molar-refractivity contribution is -0.114. The third kappa shape index (κ3) is 1.17. The predicted molar refractivity (Wildman–Crippen MR) is 42.6 cm³/mol. The van der Waals surface area contributed by atoms with Gasteiger partial charge in [-0.2, -0.15) is 0 Å². The van der Waals surface area contributed by atoms with Crippen LogP contribution < -0.4 is 0 Å². The van der Waals surface area contributed by atoms with Gasteiger partial charge in [-0.1, -0.05) is 0 Å². The third-order valence-electron chi connectivity index (χ3n) is 3.04. The first-order chi connectivity index (χ1) is 5.85. The lowest BCUT2D eigenvalue weighted by Gasteiger charge is -2.09. The Morgan fingerprint density at radius 3 is 3.00 bits per heavy atom. The van der Waals surface area contributed by atoms with Gasteiger partial charge >= 0.3 is 0 Å². The maximum atomic E-state index is 10.6. The first-order valence-corrected chi connectivity index (χ1v) is 4.48. The lowest BCUT2D eigenvalue weighted by Crippen LogP contribution is -2.14. The second-order valence-electron chi connectivity index (χ2n) is 3.62. The Morgan fingerprint density at radius 2 is 2.33 bits per heavy atom. The van der Waals surface area contributed by atoms with Crippen molar-refractivity contribution in [1.82, 2.24) is 0 Å². The van der Waals surface area contributed by atoms with Gasteiger partial charge in [0.05, 0.1) is 6.10 Å². The summed E-state index contributed by atoms with van der Waals surface area (Å²) < 4.78 is 10.7. The zero-order chi connectivity index (χ0) is 8.55. The van der Waals surface area contributed by atoms with Crippen molar-refractivity contribution >= 4 is 6.29 Å². The molecule has 0 bridgehead atoms. The monoisotopic (exact) mass is 170 g/mol. The van der Waals surface area contributed by atoms with E-state index >= 15 is 0 Å². The third-order valence-corrected chi connectivity index (χ3v) is 3.04. The minimum Gasteiger partial charge on any atom is -0.356 e. The molecule has 2 rings (SSSR count). The molecule has 2 fully saturated rings. The van der Waals surface area contributed by atoms with Crippen LogP contribution in [0.1, 0.15) is 19.3 Å². The molecule has 0 aromatic heterocycles. The van der Waals surface area contributed by atoms with Crippen LogP contribution in [0.5, 0.6) is 0 Å². The maximum Gasteiger partial charge on any atom is 0.157 e. The number of carbonyl (C=O) groups is 1. The van der Waals surface area contributed by atoms with Gasteiger partial charge in [-0.3, -0.25) is 0 Å². The highest BCUT2D eigenvalue weighted by molar-refractivity contribution is 5.55. The standard InChI is InChI=1S/C9H14O3/c1-11-9-4-7-6(5-10)2-3-8(7)12-9/h5-9H,2-4H2,1H3/t6-,7+,8-,9?/m0/s1. The number of methoxy groups -OCH3 is 1. The largest absolute Gasteiger partial charge is 0.356 e. The van der Waals surface area contributed by atoms with Gasteiger partial charge in [0.25, 0.3) is 0 Å². The van der Waals surface area contributed by atoms with Crippen LogP contribution in [0.3, 0.4) is 0 Å². The van der Waals surface area contributed by atoms with E-state index in [9.17, 15) is 4.79 Å². The summed E-state index contributed by atoms with van der Waals surface area (Å²) in [5, 5.41) is 0. The number of ether oxygens (including phenoxy) is 2. The maximum absolute atomic E-state index is 10.6. The molecule has 0 aromatic rings. The van der Waals surface area contributed by atoms with Gasteiger partial charge in [0.2, 0.25) is 0 Å². The van der Waals surface area contributed by atoms with Crippen molar-refractivity contribution in [3.63, 3.8) is 0 Å². The summed E-state index contributed by atoms with van der Waals surface area (Å²) in [7, 11) is 1.65. The van der Waals surface area contributed by atoms with E-state index in [-0.39, 0.29) is 18.3 Å². The first kappa shape index (κ1) is 8.20. The summed E-state index contributed by atoms with van der Waals surface area (Å²) in [5.41, 5.74) is 0. The summed E-state index contributed by atoms with van der Waals surface area (Å²) in [5.74, 6) is 0.641. The van der Waals surface area contributed by atoms with Crippen molar-refractivity contribution in [3.8, 4) is 0 Å². The number of aldehydes is 1. The van der Waals surface area contributed by atoms with Crippen LogP contribution in [0.15, 0.2) is 0 Å². The van der Waals surface area contributed by atoms with Crippen molar-refractivity contribution < 1.29 is 14.3 Å². The first-order valence-electron chi connectivity index (χ1n) is 4.48. The minimum atomic E-state index is -0.0669. The van der Waals surface area contributed by atoms with E-state index in [1.54, 1.807) is 7.11 Å². The molecule has 2 aliphatic rings. The van der Waals surface area contributed by atoms with E-state index in [1.165, 1.54) is 0 Å². The average Bonchev–Trinajstić information content (AvgIpc) is 2.61. The molecule has 3 heteroatoms. The van der Waals surface area contributed by atoms with E-state index in [1.807, 2.05) is 0 Å². The van der Waals surface area contributed by atoms with Crippen LogP contribution in [-0.2, 0) is 14.3 Å². The summed E-state index contributed by atoms with van der Waals surface area (Å²) in [4.78, 5) is 10.6.